The summed E-state index contributed by atoms with van der Waals surface area (Å²) in [6.45, 7) is 3.00. The topological polar surface area (TPSA) is 71.4 Å². The fraction of sp³-hybridized carbons (Fsp3) is 0.267. The molecule has 0 aliphatic heterocycles. The van der Waals surface area contributed by atoms with Crippen molar-refractivity contribution >= 4 is 17.3 Å². The van der Waals surface area contributed by atoms with E-state index in [9.17, 15) is 19.5 Å². The van der Waals surface area contributed by atoms with Crippen LogP contribution in [0.1, 0.15) is 56.9 Å². The lowest BCUT2D eigenvalue weighted by Gasteiger charge is -2.11. The summed E-state index contributed by atoms with van der Waals surface area (Å²) in [5.41, 5.74) is 1.07. The number of hydrogen-bond donors (Lipinski definition) is 1. The molecule has 1 aliphatic rings. The van der Waals surface area contributed by atoms with Gasteiger partial charge in [-0.2, -0.15) is 0 Å². The number of carbonyl (C=O) groups is 3. The number of fused-ring (bicyclic) bond motifs is 1. The van der Waals surface area contributed by atoms with Crippen molar-refractivity contribution in [2.75, 3.05) is 0 Å². The smallest absolute Gasteiger partial charge is 0.189 e. The molecule has 4 heteroatoms. The lowest BCUT2D eigenvalue weighted by atomic mass is 9.93. The van der Waals surface area contributed by atoms with Gasteiger partial charge in [-0.15, -0.1) is 0 Å². The van der Waals surface area contributed by atoms with Crippen molar-refractivity contribution in [2.24, 2.45) is 0 Å². The molecule has 1 aromatic rings. The average Bonchev–Trinajstić information content (AvgIpc) is 2.69. The maximum absolute atomic E-state index is 11.9. The van der Waals surface area contributed by atoms with E-state index in [2.05, 4.69) is 0 Å². The monoisotopic (exact) mass is 258 g/mol. The van der Waals surface area contributed by atoms with E-state index >= 15 is 0 Å². The Morgan fingerprint density at radius 1 is 1.32 bits per heavy atom. The Morgan fingerprint density at radius 3 is 2.58 bits per heavy atom. The fourth-order valence-electron chi connectivity index (χ4n) is 2.40. The van der Waals surface area contributed by atoms with Gasteiger partial charge >= 0.3 is 0 Å². The van der Waals surface area contributed by atoms with Crippen LogP contribution in [0.15, 0.2) is 18.2 Å². The molecule has 0 heterocycles. The highest BCUT2D eigenvalue weighted by Gasteiger charge is 2.29. The normalized spacial score (nSPS) is 13.9. The van der Waals surface area contributed by atoms with Crippen LogP contribution in [0.5, 0.6) is 5.75 Å². The summed E-state index contributed by atoms with van der Waals surface area (Å²) in [5.74, 6) is -1.15. The van der Waals surface area contributed by atoms with Gasteiger partial charge in [-0.3, -0.25) is 14.4 Å². The van der Waals surface area contributed by atoms with Crippen LogP contribution in [0.2, 0.25) is 0 Å². The second-order valence-electron chi connectivity index (χ2n) is 4.52. The van der Waals surface area contributed by atoms with Gasteiger partial charge in [0.2, 0.25) is 0 Å². The van der Waals surface area contributed by atoms with E-state index in [1.54, 1.807) is 13.0 Å². The van der Waals surface area contributed by atoms with E-state index in [1.807, 2.05) is 0 Å². The van der Waals surface area contributed by atoms with Crippen molar-refractivity contribution in [3.8, 4) is 5.75 Å². The minimum absolute atomic E-state index is 0.0114. The molecule has 0 unspecified atom stereocenters. The molecule has 2 rings (SSSR count). The molecule has 0 saturated heterocycles. The summed E-state index contributed by atoms with van der Waals surface area (Å²) in [6, 6.07) is 1.40. The van der Waals surface area contributed by atoms with Crippen molar-refractivity contribution in [3.63, 3.8) is 0 Å². The highest BCUT2D eigenvalue weighted by molar-refractivity contribution is 6.14. The molecule has 0 bridgehead atoms. The van der Waals surface area contributed by atoms with Crippen LogP contribution in [-0.2, 0) is 6.42 Å². The average molecular weight is 258 g/mol. The summed E-state index contributed by atoms with van der Waals surface area (Å²) in [4.78, 5) is 35.3. The van der Waals surface area contributed by atoms with Gasteiger partial charge in [-0.05, 0) is 38.0 Å². The maximum atomic E-state index is 11.9. The van der Waals surface area contributed by atoms with Gasteiger partial charge in [0, 0.05) is 12.0 Å². The number of carbonyl (C=O) groups excluding carboxylic acids is 3. The number of ketones is 3. The van der Waals surface area contributed by atoms with Gasteiger partial charge < -0.3 is 5.11 Å². The highest BCUT2D eigenvalue weighted by Crippen LogP contribution is 2.35. The SMILES string of the molecule is C/C=C/C(=O)c1cc2c(c(C(C)=O)c1O)CCC2=O. The van der Waals surface area contributed by atoms with Crippen molar-refractivity contribution in [1.29, 1.82) is 0 Å². The van der Waals surface area contributed by atoms with Crippen molar-refractivity contribution in [1.82, 2.24) is 0 Å². The molecule has 1 aliphatic carbocycles. The minimum Gasteiger partial charge on any atom is -0.506 e. The van der Waals surface area contributed by atoms with Crippen LogP contribution >= 0.6 is 0 Å². The second-order valence-corrected chi connectivity index (χ2v) is 4.52. The van der Waals surface area contributed by atoms with Crippen LogP contribution in [-0.4, -0.2) is 22.5 Å². The first-order valence-corrected chi connectivity index (χ1v) is 6.07. The number of benzene rings is 1. The van der Waals surface area contributed by atoms with Crippen LogP contribution < -0.4 is 0 Å². The Labute approximate surface area is 110 Å². The van der Waals surface area contributed by atoms with Crippen LogP contribution in [0.4, 0.5) is 0 Å². The van der Waals surface area contributed by atoms with E-state index in [1.165, 1.54) is 19.1 Å². The maximum Gasteiger partial charge on any atom is 0.189 e. The lowest BCUT2D eigenvalue weighted by Crippen LogP contribution is -2.07. The minimum atomic E-state index is -0.412. The molecule has 4 nitrogen and oxygen atoms in total. The third-order valence-corrected chi connectivity index (χ3v) is 3.25. The third-order valence-electron chi connectivity index (χ3n) is 3.25. The Bertz CT molecular complexity index is 624. The second kappa shape index (κ2) is 4.80. The molecule has 98 valence electrons. The van der Waals surface area contributed by atoms with Gasteiger partial charge in [-0.1, -0.05) is 6.08 Å². The zero-order chi connectivity index (χ0) is 14.2. The number of phenolic OH excluding ortho intramolecular Hbond substituents is 1. The fourth-order valence-corrected chi connectivity index (χ4v) is 2.40. The number of Topliss-reactive ketones (excluding diaryl/α,β-unsaturated/α-hetero) is 2. The lowest BCUT2D eigenvalue weighted by molar-refractivity contribution is 0.0992. The molecular weight excluding hydrogens is 244 g/mol. The van der Waals surface area contributed by atoms with Crippen LogP contribution in [0.3, 0.4) is 0 Å². The van der Waals surface area contributed by atoms with Crippen LogP contribution in [0.25, 0.3) is 0 Å². The quantitative estimate of drug-likeness (QED) is 0.667. The van der Waals surface area contributed by atoms with Crippen molar-refractivity contribution in [2.45, 2.75) is 26.7 Å². The first-order chi connectivity index (χ1) is 8.97. The van der Waals surface area contributed by atoms with Crippen molar-refractivity contribution in [3.05, 3.63) is 40.5 Å². The van der Waals surface area contributed by atoms with E-state index in [0.717, 1.165) is 0 Å². The molecule has 0 amide bonds. The summed E-state index contributed by atoms with van der Waals surface area (Å²) < 4.78 is 0. The molecule has 0 saturated carbocycles. The molecule has 0 radical (unpaired) electrons. The number of rotatable bonds is 3. The molecule has 1 N–H and O–H groups in total. The number of hydrogen-bond acceptors (Lipinski definition) is 4. The predicted octanol–water partition coefficient (Wildman–Crippen LogP) is 2.48. The molecule has 0 aromatic heterocycles. The van der Waals surface area contributed by atoms with Crippen LogP contribution in [0, 0.1) is 0 Å². The molecule has 0 spiro atoms. The van der Waals surface area contributed by atoms with Gasteiger partial charge in [-0.25, -0.2) is 0 Å². The van der Waals surface area contributed by atoms with E-state index in [0.29, 0.717) is 24.0 Å². The molecule has 19 heavy (non-hydrogen) atoms. The molecular formula is C15H14O4. The zero-order valence-electron chi connectivity index (χ0n) is 10.8. The third kappa shape index (κ3) is 2.10. The number of aromatic hydroxyl groups is 1. The Morgan fingerprint density at radius 2 is 2.00 bits per heavy atom. The van der Waals surface area contributed by atoms with Gasteiger partial charge in [0.25, 0.3) is 0 Å². The Kier molecular flexibility index (Phi) is 3.34. The molecule has 0 atom stereocenters. The predicted molar refractivity (Wildman–Crippen MR) is 69.9 cm³/mol. The number of allylic oxidation sites excluding steroid dienone is 2. The standard InChI is InChI=1S/C15H14O4/c1-3-4-12(17)11-7-10-9(5-6-13(10)18)14(8(2)16)15(11)19/h3-4,7,19H,5-6H2,1-2H3/b4-3+. The molecule has 0 fully saturated rings. The van der Waals surface area contributed by atoms with Gasteiger partial charge in [0.1, 0.15) is 5.75 Å². The summed E-state index contributed by atoms with van der Waals surface area (Å²) >= 11 is 0. The largest absolute Gasteiger partial charge is 0.506 e. The summed E-state index contributed by atoms with van der Waals surface area (Å²) in [7, 11) is 0. The number of phenols is 1. The first-order valence-electron chi connectivity index (χ1n) is 6.07. The van der Waals surface area contributed by atoms with Gasteiger partial charge in [0.15, 0.2) is 17.3 Å². The highest BCUT2D eigenvalue weighted by atomic mass is 16.3. The van der Waals surface area contributed by atoms with E-state index < -0.39 is 5.78 Å². The van der Waals surface area contributed by atoms with Crippen molar-refractivity contribution < 1.29 is 19.5 Å². The Hall–Kier alpha value is -2.23. The summed E-state index contributed by atoms with van der Waals surface area (Å²) in [6.07, 6.45) is 3.60. The Balaban J connectivity index is 2.75. The molecule has 1 aromatic carbocycles. The zero-order valence-corrected chi connectivity index (χ0v) is 10.8. The van der Waals surface area contributed by atoms with Gasteiger partial charge in [0.05, 0.1) is 11.1 Å². The van der Waals surface area contributed by atoms with E-state index in [4.69, 9.17) is 0 Å². The van der Waals surface area contributed by atoms with E-state index in [-0.39, 0.29) is 28.4 Å². The summed E-state index contributed by atoms with van der Waals surface area (Å²) in [5, 5.41) is 10.1. The first kappa shape index (κ1) is 13.2.